The highest BCUT2D eigenvalue weighted by atomic mass is 19.1. The number of aromatic amines is 1. The molecule has 1 aromatic carbocycles. The van der Waals surface area contributed by atoms with Crippen molar-refractivity contribution in [2.24, 2.45) is 5.10 Å². The third-order valence-electron chi connectivity index (χ3n) is 3.36. The van der Waals surface area contributed by atoms with E-state index in [1.54, 1.807) is 0 Å². The molecule has 1 amide bonds. The lowest BCUT2D eigenvalue weighted by atomic mass is 9.99. The summed E-state index contributed by atoms with van der Waals surface area (Å²) in [5.74, 6) is -0.800. The van der Waals surface area contributed by atoms with Gasteiger partial charge in [0.1, 0.15) is 5.82 Å². The van der Waals surface area contributed by atoms with Crippen LogP contribution < -0.4 is 10.7 Å². The summed E-state index contributed by atoms with van der Waals surface area (Å²) < 4.78 is 13.5. The molecule has 18 heavy (non-hydrogen) atoms. The van der Waals surface area contributed by atoms with E-state index in [1.807, 2.05) is 0 Å². The van der Waals surface area contributed by atoms with Crippen molar-refractivity contribution in [2.45, 2.75) is 6.54 Å². The predicted octanol–water partition coefficient (Wildman–Crippen LogP) is 0.858. The van der Waals surface area contributed by atoms with E-state index >= 15 is 0 Å². The minimum Gasteiger partial charge on any atom is -0.357 e. The first-order valence-electron chi connectivity index (χ1n) is 5.66. The second-order valence-electron chi connectivity index (χ2n) is 4.46. The summed E-state index contributed by atoms with van der Waals surface area (Å²) in [6.07, 6.45) is 0. The zero-order chi connectivity index (χ0) is 12.3. The largest absolute Gasteiger partial charge is 0.357 e. The number of nitrogens with one attached hydrogen (secondary N) is 3. The first-order valence-corrected chi connectivity index (χ1v) is 5.66. The highest BCUT2D eigenvalue weighted by molar-refractivity contribution is 6.21. The molecule has 0 aliphatic carbocycles. The molecule has 2 aliphatic heterocycles. The molecule has 0 fully saturated rings. The fourth-order valence-electron chi connectivity index (χ4n) is 2.65. The summed E-state index contributed by atoms with van der Waals surface area (Å²) >= 11 is 0. The maximum absolute atomic E-state index is 13.5. The molecule has 0 bridgehead atoms. The Kier molecular flexibility index (Phi) is 1.72. The molecule has 4 rings (SSSR count). The van der Waals surface area contributed by atoms with Crippen LogP contribution in [0.5, 0.6) is 0 Å². The van der Waals surface area contributed by atoms with E-state index in [1.165, 1.54) is 12.1 Å². The van der Waals surface area contributed by atoms with Crippen LogP contribution in [0, 0.1) is 5.82 Å². The molecule has 2 aromatic rings. The summed E-state index contributed by atoms with van der Waals surface area (Å²) in [6, 6.07) is 2.67. The van der Waals surface area contributed by atoms with Crippen molar-refractivity contribution in [2.75, 3.05) is 6.54 Å². The number of hydrazone groups is 1. The molecule has 5 nitrogen and oxygen atoms in total. The van der Waals surface area contributed by atoms with Crippen LogP contribution in [0.4, 0.5) is 4.39 Å². The van der Waals surface area contributed by atoms with E-state index in [2.05, 4.69) is 20.8 Å². The number of hydrogen-bond acceptors (Lipinski definition) is 3. The number of amides is 1. The fraction of sp³-hybridized carbons (Fsp3) is 0.167. The molecule has 0 atom stereocenters. The summed E-state index contributed by atoms with van der Waals surface area (Å²) in [6.45, 7) is 1.26. The van der Waals surface area contributed by atoms with Crippen molar-refractivity contribution in [3.8, 4) is 0 Å². The highest BCUT2D eigenvalue weighted by Gasteiger charge is 2.27. The number of carbonyl (C=O) groups excluding carboxylic acids is 1. The Bertz CT molecular complexity index is 731. The first kappa shape index (κ1) is 9.78. The van der Waals surface area contributed by atoms with Crippen LogP contribution in [0.25, 0.3) is 10.9 Å². The van der Waals surface area contributed by atoms with Crippen molar-refractivity contribution in [3.63, 3.8) is 0 Å². The second-order valence-corrected chi connectivity index (χ2v) is 4.46. The zero-order valence-corrected chi connectivity index (χ0v) is 9.30. The molecular weight excluding hydrogens is 235 g/mol. The SMILES string of the molecule is O=C1NN=C2CNCc3[nH]c4cc(F)cc1c4c32. The van der Waals surface area contributed by atoms with Crippen molar-refractivity contribution in [3.05, 3.63) is 34.8 Å². The van der Waals surface area contributed by atoms with Gasteiger partial charge in [0.15, 0.2) is 0 Å². The summed E-state index contributed by atoms with van der Waals surface area (Å²) in [5, 5.41) is 8.04. The van der Waals surface area contributed by atoms with Crippen LogP contribution in [-0.2, 0) is 6.54 Å². The fourth-order valence-corrected chi connectivity index (χ4v) is 2.65. The Morgan fingerprint density at radius 1 is 1.28 bits per heavy atom. The average Bonchev–Trinajstić information content (AvgIpc) is 2.65. The van der Waals surface area contributed by atoms with Gasteiger partial charge in [-0.1, -0.05) is 0 Å². The quantitative estimate of drug-likeness (QED) is 0.643. The van der Waals surface area contributed by atoms with Gasteiger partial charge in [0.25, 0.3) is 5.91 Å². The van der Waals surface area contributed by atoms with E-state index in [0.717, 1.165) is 22.4 Å². The Morgan fingerprint density at radius 2 is 2.17 bits per heavy atom. The van der Waals surface area contributed by atoms with Crippen molar-refractivity contribution < 1.29 is 9.18 Å². The predicted molar refractivity (Wildman–Crippen MR) is 64.0 cm³/mol. The molecule has 1 aromatic heterocycles. The Balaban J connectivity index is 2.22. The zero-order valence-electron chi connectivity index (χ0n) is 9.30. The van der Waals surface area contributed by atoms with Gasteiger partial charge < -0.3 is 10.3 Å². The van der Waals surface area contributed by atoms with Crippen LogP contribution in [-0.4, -0.2) is 23.1 Å². The van der Waals surface area contributed by atoms with Crippen molar-refractivity contribution in [1.29, 1.82) is 0 Å². The van der Waals surface area contributed by atoms with E-state index < -0.39 is 5.82 Å². The Hall–Kier alpha value is -2.21. The van der Waals surface area contributed by atoms with Gasteiger partial charge in [0.05, 0.1) is 16.8 Å². The standard InChI is InChI=1S/C12H9FN4O/c13-5-1-6-10-7(2-5)15-8-3-14-4-9(11(8)10)16-17-12(6)18/h1-2,14-15H,3-4H2,(H,17,18). The molecule has 0 saturated heterocycles. The number of carbonyl (C=O) groups is 1. The van der Waals surface area contributed by atoms with Gasteiger partial charge in [-0.2, -0.15) is 5.10 Å². The van der Waals surface area contributed by atoms with Crippen LogP contribution in [0.2, 0.25) is 0 Å². The Morgan fingerprint density at radius 3 is 3.06 bits per heavy atom. The maximum atomic E-state index is 13.5. The van der Waals surface area contributed by atoms with Gasteiger partial charge in [0.2, 0.25) is 0 Å². The number of H-pyrrole nitrogens is 1. The molecule has 2 aliphatic rings. The summed E-state index contributed by atoms with van der Waals surface area (Å²) in [4.78, 5) is 15.1. The van der Waals surface area contributed by atoms with Crippen LogP contribution in [0.1, 0.15) is 21.6 Å². The van der Waals surface area contributed by atoms with Crippen LogP contribution in [0.3, 0.4) is 0 Å². The van der Waals surface area contributed by atoms with E-state index in [9.17, 15) is 9.18 Å². The summed E-state index contributed by atoms with van der Waals surface area (Å²) in [5.41, 5.74) is 6.08. The topological polar surface area (TPSA) is 69.3 Å². The lowest BCUT2D eigenvalue weighted by molar-refractivity contribution is 0.0956. The normalized spacial score (nSPS) is 17.4. The first-order chi connectivity index (χ1) is 8.74. The molecule has 0 unspecified atom stereocenters. The molecule has 0 radical (unpaired) electrons. The van der Waals surface area contributed by atoms with Gasteiger partial charge in [-0.25, -0.2) is 9.82 Å². The van der Waals surface area contributed by atoms with Gasteiger partial charge in [0, 0.05) is 29.7 Å². The lowest BCUT2D eigenvalue weighted by Gasteiger charge is -2.14. The monoisotopic (exact) mass is 244 g/mol. The molecule has 0 spiro atoms. The van der Waals surface area contributed by atoms with E-state index in [0.29, 0.717) is 24.2 Å². The molecular formula is C12H9FN4O. The van der Waals surface area contributed by atoms with Gasteiger partial charge in [-0.05, 0) is 12.1 Å². The summed E-state index contributed by atoms with van der Waals surface area (Å²) in [7, 11) is 0. The average molecular weight is 244 g/mol. The molecule has 90 valence electrons. The molecule has 0 saturated carbocycles. The number of aromatic nitrogens is 1. The van der Waals surface area contributed by atoms with Crippen LogP contribution in [0.15, 0.2) is 17.2 Å². The number of hydrogen-bond donors (Lipinski definition) is 3. The van der Waals surface area contributed by atoms with E-state index in [-0.39, 0.29) is 5.91 Å². The van der Waals surface area contributed by atoms with Gasteiger partial charge in [-0.3, -0.25) is 4.79 Å². The van der Waals surface area contributed by atoms with Gasteiger partial charge >= 0.3 is 0 Å². The lowest BCUT2D eigenvalue weighted by Crippen LogP contribution is -2.31. The minimum atomic E-state index is -0.428. The van der Waals surface area contributed by atoms with Gasteiger partial charge in [-0.15, -0.1) is 0 Å². The highest BCUT2D eigenvalue weighted by Crippen LogP contribution is 2.30. The second kappa shape index (κ2) is 3.17. The third-order valence-corrected chi connectivity index (χ3v) is 3.36. The maximum Gasteiger partial charge on any atom is 0.272 e. The number of nitrogens with zero attached hydrogens (tertiary/aromatic N) is 1. The smallest absolute Gasteiger partial charge is 0.272 e. The minimum absolute atomic E-state index is 0.336. The number of benzene rings is 1. The third kappa shape index (κ3) is 1.12. The number of rotatable bonds is 0. The molecule has 3 N–H and O–H groups in total. The van der Waals surface area contributed by atoms with Crippen molar-refractivity contribution >= 4 is 22.5 Å². The molecule has 6 heteroatoms. The van der Waals surface area contributed by atoms with E-state index in [4.69, 9.17) is 0 Å². The Labute approximate surface area is 101 Å². The van der Waals surface area contributed by atoms with Crippen LogP contribution >= 0.6 is 0 Å². The van der Waals surface area contributed by atoms with Crippen molar-refractivity contribution in [1.82, 2.24) is 15.7 Å². The number of halogens is 1. The molecule has 3 heterocycles.